The van der Waals surface area contributed by atoms with Crippen LogP contribution in [-0.2, 0) is 41.9 Å². The monoisotopic (exact) mass is 606 g/mol. The Hall–Kier alpha value is -2.75. The number of fused-ring (bicyclic) bond motifs is 1. The lowest BCUT2D eigenvalue weighted by atomic mass is 9.93. The summed E-state index contributed by atoms with van der Waals surface area (Å²) in [5.74, 6) is -2.55. The van der Waals surface area contributed by atoms with Crippen molar-refractivity contribution in [3.8, 4) is 0 Å². The molecule has 5 atom stereocenters. The SMILES string of the molecule is CC(C)(C)C(=O)OCOP(=O)(OCOC(=O)C(C)(C)C)OC[C@@]1(C)O[C@@H](C2C=Nc3c2nc(N)[nH]c3=O)[C@H](F)[C@@H]1O. The van der Waals surface area contributed by atoms with Crippen LogP contribution >= 0.6 is 7.82 Å². The summed E-state index contributed by atoms with van der Waals surface area (Å²) >= 11 is 0. The number of phosphoric ester groups is 1. The van der Waals surface area contributed by atoms with E-state index in [1.807, 2.05) is 0 Å². The summed E-state index contributed by atoms with van der Waals surface area (Å²) in [6.45, 7) is 8.36. The molecular formula is C24H36FN4O11P. The lowest BCUT2D eigenvalue weighted by molar-refractivity contribution is -0.164. The number of alkyl halides is 1. The minimum Gasteiger partial charge on any atom is -0.437 e. The third-order valence-electron chi connectivity index (χ3n) is 6.16. The molecule has 0 aliphatic carbocycles. The first-order chi connectivity index (χ1) is 18.8. The number of hydrogen-bond acceptors (Lipinski definition) is 14. The topological polar surface area (TPSA) is 211 Å². The molecule has 0 aromatic carbocycles. The number of carbonyl (C=O) groups excluding carboxylic acids is 2. The van der Waals surface area contributed by atoms with E-state index in [0.717, 1.165) is 0 Å². The van der Waals surface area contributed by atoms with Gasteiger partial charge in [-0.3, -0.25) is 28.9 Å². The average molecular weight is 607 g/mol. The fourth-order valence-corrected chi connectivity index (χ4v) is 4.72. The smallest absolute Gasteiger partial charge is 0.437 e. The van der Waals surface area contributed by atoms with Crippen LogP contribution in [0.4, 0.5) is 16.0 Å². The van der Waals surface area contributed by atoms with Gasteiger partial charge in [-0.2, -0.15) is 0 Å². The number of aliphatic imine (C=N–C) groups is 1. The van der Waals surface area contributed by atoms with Crippen molar-refractivity contribution in [1.29, 1.82) is 0 Å². The number of H-pyrrole nitrogens is 1. The Labute approximate surface area is 235 Å². The number of aromatic nitrogens is 2. The number of aromatic amines is 1. The molecule has 1 fully saturated rings. The van der Waals surface area contributed by atoms with E-state index in [2.05, 4.69) is 15.0 Å². The lowest BCUT2D eigenvalue weighted by Gasteiger charge is -2.29. The van der Waals surface area contributed by atoms with Crippen molar-refractivity contribution in [3.05, 3.63) is 16.0 Å². The molecule has 0 bridgehead atoms. The van der Waals surface area contributed by atoms with E-state index in [0.29, 0.717) is 0 Å². The van der Waals surface area contributed by atoms with Gasteiger partial charge in [0.25, 0.3) is 5.56 Å². The van der Waals surface area contributed by atoms with Gasteiger partial charge in [-0.25, -0.2) is 23.0 Å². The number of rotatable bonds is 10. The van der Waals surface area contributed by atoms with E-state index < -0.39 is 86.2 Å². The number of phosphoric acid groups is 1. The van der Waals surface area contributed by atoms with Crippen molar-refractivity contribution < 1.29 is 51.4 Å². The summed E-state index contributed by atoms with van der Waals surface area (Å²) in [6.07, 6.45) is -3.95. The molecule has 2 aliphatic heterocycles. The van der Waals surface area contributed by atoms with Gasteiger partial charge < -0.3 is 25.1 Å². The molecule has 1 aromatic heterocycles. The first kappa shape index (κ1) is 32.8. The number of nitrogens with two attached hydrogens (primary N) is 1. The van der Waals surface area contributed by atoms with Crippen LogP contribution in [0.3, 0.4) is 0 Å². The molecule has 230 valence electrons. The minimum absolute atomic E-state index is 0.0648. The largest absolute Gasteiger partial charge is 0.480 e. The molecule has 0 saturated carbocycles. The maximum absolute atomic E-state index is 15.4. The zero-order chi connectivity index (χ0) is 31.0. The molecule has 1 aromatic rings. The molecule has 3 rings (SSSR count). The molecule has 1 unspecified atom stereocenters. The first-order valence-electron chi connectivity index (χ1n) is 12.6. The Morgan fingerprint density at radius 2 is 1.66 bits per heavy atom. The van der Waals surface area contributed by atoms with Crippen LogP contribution in [0.15, 0.2) is 9.79 Å². The van der Waals surface area contributed by atoms with Gasteiger partial charge in [0.1, 0.15) is 17.8 Å². The van der Waals surface area contributed by atoms with Crippen molar-refractivity contribution in [2.45, 2.75) is 78.4 Å². The summed E-state index contributed by atoms with van der Waals surface area (Å²) in [5, 5.41) is 10.7. The predicted octanol–water partition coefficient (Wildman–Crippen LogP) is 2.26. The number of aliphatic hydroxyl groups is 1. The molecule has 15 nitrogen and oxygen atoms in total. The Kier molecular flexibility index (Phi) is 9.47. The fraction of sp³-hybridized carbons (Fsp3) is 0.708. The molecule has 3 heterocycles. The quantitative estimate of drug-likeness (QED) is 0.198. The Morgan fingerprint density at radius 1 is 1.12 bits per heavy atom. The Bertz CT molecular complexity index is 1260. The van der Waals surface area contributed by atoms with Crippen molar-refractivity contribution in [2.24, 2.45) is 15.8 Å². The highest BCUT2D eigenvalue weighted by Gasteiger charge is 2.56. The van der Waals surface area contributed by atoms with Crippen LogP contribution < -0.4 is 11.3 Å². The number of esters is 2. The number of nitrogen functional groups attached to an aromatic ring is 1. The Balaban J connectivity index is 1.73. The van der Waals surface area contributed by atoms with Gasteiger partial charge in [-0.05, 0) is 48.5 Å². The van der Waals surface area contributed by atoms with Crippen LogP contribution in [0, 0.1) is 10.8 Å². The zero-order valence-corrected chi connectivity index (χ0v) is 24.7. The fourth-order valence-electron chi connectivity index (χ4n) is 3.72. The van der Waals surface area contributed by atoms with Gasteiger partial charge in [0.15, 0.2) is 11.9 Å². The van der Waals surface area contributed by atoms with Gasteiger partial charge in [0.05, 0.1) is 29.0 Å². The van der Waals surface area contributed by atoms with Crippen molar-refractivity contribution in [1.82, 2.24) is 9.97 Å². The predicted molar refractivity (Wildman–Crippen MR) is 141 cm³/mol. The second-order valence-corrected chi connectivity index (χ2v) is 13.5. The summed E-state index contributed by atoms with van der Waals surface area (Å²) in [6, 6.07) is 0. The number of anilines is 1. The molecule has 41 heavy (non-hydrogen) atoms. The summed E-state index contributed by atoms with van der Waals surface area (Å²) in [5.41, 5.74) is 1.38. The van der Waals surface area contributed by atoms with E-state index >= 15 is 4.39 Å². The maximum Gasteiger partial charge on any atom is 0.480 e. The highest BCUT2D eigenvalue weighted by molar-refractivity contribution is 7.48. The highest BCUT2D eigenvalue weighted by Crippen LogP contribution is 2.52. The summed E-state index contributed by atoms with van der Waals surface area (Å²) in [4.78, 5) is 46.6. The van der Waals surface area contributed by atoms with Crippen molar-refractivity contribution in [2.75, 3.05) is 25.9 Å². The molecule has 0 spiro atoms. The van der Waals surface area contributed by atoms with Crippen LogP contribution in [0.5, 0.6) is 0 Å². The van der Waals surface area contributed by atoms with E-state index in [4.69, 9.17) is 33.5 Å². The van der Waals surface area contributed by atoms with E-state index in [1.165, 1.54) is 13.1 Å². The van der Waals surface area contributed by atoms with Gasteiger partial charge in [-0.1, -0.05) is 0 Å². The minimum atomic E-state index is -4.66. The Morgan fingerprint density at radius 3 is 2.17 bits per heavy atom. The highest BCUT2D eigenvalue weighted by atomic mass is 31.2. The van der Waals surface area contributed by atoms with Crippen molar-refractivity contribution in [3.63, 3.8) is 0 Å². The van der Waals surface area contributed by atoms with Gasteiger partial charge in [-0.15, -0.1) is 0 Å². The molecule has 0 radical (unpaired) electrons. The summed E-state index contributed by atoms with van der Waals surface area (Å²) in [7, 11) is -4.66. The number of nitrogens with one attached hydrogen (secondary N) is 1. The van der Waals surface area contributed by atoms with Crippen LogP contribution in [0.2, 0.25) is 0 Å². The standard InChI is InChI=1S/C24H36FN4O11P/c1-22(2,3)19(32)35-10-38-41(34,39-11-36-20(33)23(4,5)6)37-9-24(7)17(30)13(25)16(40-24)12-8-27-15-14(12)28-21(26)29-18(15)31/h8,12-13,16-17,30H,9-11H2,1-7H3,(H3,26,28,29,31)/t12?,13-,16-,17-,24+/m0/s1. The van der Waals surface area contributed by atoms with E-state index in [9.17, 15) is 24.1 Å². The van der Waals surface area contributed by atoms with Crippen molar-refractivity contribution >= 4 is 37.6 Å². The van der Waals surface area contributed by atoms with E-state index in [1.54, 1.807) is 41.5 Å². The average Bonchev–Trinajstić information content (AvgIpc) is 3.36. The van der Waals surface area contributed by atoms with Gasteiger partial charge in [0, 0.05) is 6.21 Å². The van der Waals surface area contributed by atoms with Gasteiger partial charge in [0.2, 0.25) is 19.5 Å². The molecular weight excluding hydrogens is 570 g/mol. The second-order valence-electron chi connectivity index (χ2n) is 11.9. The second kappa shape index (κ2) is 11.9. The molecule has 4 N–H and O–H groups in total. The molecule has 2 aliphatic rings. The number of aliphatic hydroxyl groups excluding tert-OH is 1. The third kappa shape index (κ3) is 7.56. The zero-order valence-electron chi connectivity index (χ0n) is 23.8. The number of carbonyl (C=O) groups is 2. The third-order valence-corrected chi connectivity index (χ3v) is 7.44. The number of nitrogens with zero attached hydrogens (tertiary/aromatic N) is 2. The van der Waals surface area contributed by atoms with E-state index in [-0.39, 0.29) is 17.3 Å². The number of halogens is 1. The normalized spacial score (nSPS) is 26.2. The molecule has 17 heteroatoms. The van der Waals surface area contributed by atoms with Crippen LogP contribution in [-0.4, -0.2) is 77.4 Å². The van der Waals surface area contributed by atoms with Crippen LogP contribution in [0.1, 0.15) is 60.1 Å². The van der Waals surface area contributed by atoms with Gasteiger partial charge >= 0.3 is 19.8 Å². The molecule has 0 amide bonds. The molecule has 1 saturated heterocycles. The number of ether oxygens (including phenoxy) is 3. The first-order valence-corrected chi connectivity index (χ1v) is 14.1. The number of hydrogen-bond donors (Lipinski definition) is 3. The lowest BCUT2D eigenvalue weighted by Crippen LogP contribution is -2.43. The maximum atomic E-state index is 15.4. The van der Waals surface area contributed by atoms with Crippen LogP contribution in [0.25, 0.3) is 0 Å². The summed E-state index contributed by atoms with van der Waals surface area (Å²) < 4.78 is 60.0.